The number of Topliss-reactive ketones (excluding diaryl/α,β-unsaturated/α-hetero) is 1. The standard InChI is InChI=1S/C24H26N2O7/c1-16-2-4-17(5-3-16)20(28)15-33-24(31)18-6-8-19(9-7-18)25-22(29)14-21-23(30)26(10-12-27)11-13-32-21/h2-9,21,27H,10-15H2,1H3,(H,25,29). The molecule has 1 unspecified atom stereocenters. The second-order valence-corrected chi connectivity index (χ2v) is 7.60. The predicted octanol–water partition coefficient (Wildman–Crippen LogP) is 1.58. The number of hydrogen-bond acceptors (Lipinski definition) is 7. The molecule has 174 valence electrons. The van der Waals surface area contributed by atoms with E-state index in [1.165, 1.54) is 29.2 Å². The Balaban J connectivity index is 1.48. The van der Waals surface area contributed by atoms with Crippen LogP contribution in [0.1, 0.15) is 32.7 Å². The van der Waals surface area contributed by atoms with Gasteiger partial charge in [0.25, 0.3) is 5.91 Å². The number of benzene rings is 2. The number of carbonyl (C=O) groups excluding carboxylic acids is 4. The third-order valence-corrected chi connectivity index (χ3v) is 5.12. The van der Waals surface area contributed by atoms with Gasteiger partial charge in [-0.3, -0.25) is 14.4 Å². The summed E-state index contributed by atoms with van der Waals surface area (Å²) in [6, 6.07) is 13.0. The van der Waals surface area contributed by atoms with Gasteiger partial charge in [0.15, 0.2) is 12.4 Å². The van der Waals surface area contributed by atoms with E-state index in [0.717, 1.165) is 5.56 Å². The van der Waals surface area contributed by atoms with E-state index in [1.54, 1.807) is 12.1 Å². The molecular formula is C24H26N2O7. The Bertz CT molecular complexity index is 1000. The average molecular weight is 454 g/mol. The molecule has 0 aromatic heterocycles. The molecule has 1 saturated heterocycles. The summed E-state index contributed by atoms with van der Waals surface area (Å²) in [5, 5.41) is 11.7. The first-order valence-corrected chi connectivity index (χ1v) is 10.6. The molecule has 0 radical (unpaired) electrons. The lowest BCUT2D eigenvalue weighted by Crippen LogP contribution is -2.49. The number of nitrogens with one attached hydrogen (secondary N) is 1. The fraction of sp³-hybridized carbons (Fsp3) is 0.333. The number of anilines is 1. The van der Waals surface area contributed by atoms with E-state index < -0.39 is 18.0 Å². The van der Waals surface area contributed by atoms with Gasteiger partial charge >= 0.3 is 5.97 Å². The molecule has 0 saturated carbocycles. The SMILES string of the molecule is Cc1ccc(C(=O)COC(=O)c2ccc(NC(=O)CC3OCCN(CCO)C3=O)cc2)cc1. The van der Waals surface area contributed by atoms with Crippen LogP contribution in [0.2, 0.25) is 0 Å². The zero-order valence-electron chi connectivity index (χ0n) is 18.3. The van der Waals surface area contributed by atoms with Crippen LogP contribution in [0, 0.1) is 6.92 Å². The minimum Gasteiger partial charge on any atom is -0.454 e. The van der Waals surface area contributed by atoms with E-state index in [-0.39, 0.29) is 43.4 Å². The van der Waals surface area contributed by atoms with Gasteiger partial charge in [-0.1, -0.05) is 29.8 Å². The maximum absolute atomic E-state index is 12.3. The molecule has 2 N–H and O–H groups in total. The van der Waals surface area contributed by atoms with Crippen molar-refractivity contribution in [2.24, 2.45) is 0 Å². The van der Waals surface area contributed by atoms with E-state index in [1.807, 2.05) is 19.1 Å². The van der Waals surface area contributed by atoms with Gasteiger partial charge in [-0.2, -0.15) is 0 Å². The molecule has 0 spiro atoms. The van der Waals surface area contributed by atoms with Crippen LogP contribution in [-0.2, 0) is 19.1 Å². The maximum atomic E-state index is 12.3. The highest BCUT2D eigenvalue weighted by molar-refractivity contribution is 5.99. The number of ether oxygens (including phenoxy) is 2. The third-order valence-electron chi connectivity index (χ3n) is 5.12. The Labute approximate surface area is 191 Å². The van der Waals surface area contributed by atoms with E-state index in [4.69, 9.17) is 14.6 Å². The van der Waals surface area contributed by atoms with Gasteiger partial charge in [-0.05, 0) is 31.2 Å². The third kappa shape index (κ3) is 6.71. The molecule has 3 rings (SSSR count). The quantitative estimate of drug-likeness (QED) is 0.436. The minimum atomic E-state index is -0.898. The summed E-state index contributed by atoms with van der Waals surface area (Å²) in [7, 11) is 0. The summed E-state index contributed by atoms with van der Waals surface area (Å²) >= 11 is 0. The van der Waals surface area contributed by atoms with E-state index >= 15 is 0 Å². The topological polar surface area (TPSA) is 122 Å². The largest absolute Gasteiger partial charge is 0.454 e. The predicted molar refractivity (Wildman–Crippen MR) is 119 cm³/mol. The first-order chi connectivity index (χ1) is 15.9. The number of esters is 1. The van der Waals surface area contributed by atoms with Gasteiger partial charge in [-0.25, -0.2) is 4.79 Å². The Kier molecular flexibility index (Phi) is 8.28. The molecular weight excluding hydrogens is 428 g/mol. The molecule has 9 nitrogen and oxygen atoms in total. The van der Waals surface area contributed by atoms with Crippen LogP contribution in [0.15, 0.2) is 48.5 Å². The molecule has 1 aliphatic rings. The smallest absolute Gasteiger partial charge is 0.338 e. The van der Waals surface area contributed by atoms with Gasteiger partial charge in [0.1, 0.15) is 6.10 Å². The van der Waals surface area contributed by atoms with Crippen molar-refractivity contribution in [2.75, 3.05) is 38.2 Å². The van der Waals surface area contributed by atoms with Gasteiger partial charge in [0.2, 0.25) is 5.91 Å². The van der Waals surface area contributed by atoms with Crippen LogP contribution in [0.3, 0.4) is 0 Å². The summed E-state index contributed by atoms with van der Waals surface area (Å²) in [6.45, 7) is 2.27. The Morgan fingerprint density at radius 3 is 2.42 bits per heavy atom. The number of nitrogens with zero attached hydrogens (tertiary/aromatic N) is 1. The molecule has 1 fully saturated rings. The second-order valence-electron chi connectivity index (χ2n) is 7.60. The van der Waals surface area contributed by atoms with Gasteiger partial charge in [0, 0.05) is 24.3 Å². The highest BCUT2D eigenvalue weighted by Crippen LogP contribution is 2.15. The first kappa shape index (κ1) is 24.1. The van der Waals surface area contributed by atoms with Gasteiger partial charge in [0.05, 0.1) is 25.2 Å². The molecule has 2 amide bonds. The number of β-amino-alcohol motifs (C(OH)–C–C–N with tert-alkyl or cyclic N) is 1. The molecule has 2 aromatic rings. The normalized spacial score (nSPS) is 15.8. The van der Waals surface area contributed by atoms with Crippen molar-refractivity contribution in [1.29, 1.82) is 0 Å². The number of morpholine rings is 1. The Hall–Kier alpha value is -3.56. The number of aryl methyl sites for hydroxylation is 1. The Morgan fingerprint density at radius 2 is 1.76 bits per heavy atom. The molecule has 0 aliphatic carbocycles. The van der Waals surface area contributed by atoms with E-state index in [2.05, 4.69) is 5.32 Å². The number of amides is 2. The molecule has 2 aromatic carbocycles. The van der Waals surface area contributed by atoms with Crippen LogP contribution < -0.4 is 5.32 Å². The van der Waals surface area contributed by atoms with Gasteiger partial charge in [-0.15, -0.1) is 0 Å². The van der Waals surface area contributed by atoms with E-state index in [9.17, 15) is 19.2 Å². The van der Waals surface area contributed by atoms with E-state index in [0.29, 0.717) is 24.4 Å². The fourth-order valence-corrected chi connectivity index (χ4v) is 3.29. The first-order valence-electron chi connectivity index (χ1n) is 10.6. The maximum Gasteiger partial charge on any atom is 0.338 e. The zero-order valence-corrected chi connectivity index (χ0v) is 18.3. The fourth-order valence-electron chi connectivity index (χ4n) is 3.29. The molecule has 9 heteroatoms. The highest BCUT2D eigenvalue weighted by atomic mass is 16.5. The summed E-state index contributed by atoms with van der Waals surface area (Å²) < 4.78 is 10.5. The minimum absolute atomic E-state index is 0.153. The summed E-state index contributed by atoms with van der Waals surface area (Å²) in [5.74, 6) is -1.70. The molecule has 1 heterocycles. The molecule has 1 aliphatic heterocycles. The van der Waals surface area contributed by atoms with Gasteiger partial charge < -0.3 is 24.8 Å². The van der Waals surface area contributed by atoms with Crippen molar-refractivity contribution in [3.05, 3.63) is 65.2 Å². The zero-order chi connectivity index (χ0) is 23.8. The lowest BCUT2D eigenvalue weighted by atomic mass is 10.1. The number of ketones is 1. The van der Waals surface area contributed by atoms with Crippen LogP contribution in [-0.4, -0.2) is 72.6 Å². The van der Waals surface area contributed by atoms with Crippen molar-refractivity contribution < 1.29 is 33.8 Å². The van der Waals surface area contributed by atoms with Crippen molar-refractivity contribution >= 4 is 29.3 Å². The Morgan fingerprint density at radius 1 is 1.09 bits per heavy atom. The van der Waals surface area contributed by atoms with Crippen LogP contribution >= 0.6 is 0 Å². The van der Waals surface area contributed by atoms with Crippen molar-refractivity contribution in [1.82, 2.24) is 4.90 Å². The summed E-state index contributed by atoms with van der Waals surface area (Å²) in [5.41, 5.74) is 2.15. The summed E-state index contributed by atoms with van der Waals surface area (Å²) in [4.78, 5) is 50.4. The highest BCUT2D eigenvalue weighted by Gasteiger charge is 2.31. The number of carbonyl (C=O) groups is 4. The molecule has 33 heavy (non-hydrogen) atoms. The number of aliphatic hydroxyl groups excluding tert-OH is 1. The van der Waals surface area contributed by atoms with Crippen LogP contribution in [0.5, 0.6) is 0 Å². The lowest BCUT2D eigenvalue weighted by Gasteiger charge is -2.31. The molecule has 0 bridgehead atoms. The average Bonchev–Trinajstić information content (AvgIpc) is 2.81. The monoisotopic (exact) mass is 454 g/mol. The van der Waals surface area contributed by atoms with Crippen molar-refractivity contribution in [2.45, 2.75) is 19.4 Å². The second kappa shape index (κ2) is 11.3. The van der Waals surface area contributed by atoms with Crippen molar-refractivity contribution in [3.63, 3.8) is 0 Å². The summed E-state index contributed by atoms with van der Waals surface area (Å²) in [6.07, 6.45) is -1.06. The number of aliphatic hydroxyl groups is 1. The molecule has 1 atom stereocenters. The lowest BCUT2D eigenvalue weighted by molar-refractivity contribution is -0.155. The number of rotatable bonds is 9. The van der Waals surface area contributed by atoms with Crippen molar-refractivity contribution in [3.8, 4) is 0 Å². The van der Waals surface area contributed by atoms with Crippen LogP contribution in [0.25, 0.3) is 0 Å². The number of hydrogen-bond donors (Lipinski definition) is 2. The van der Waals surface area contributed by atoms with Crippen LogP contribution in [0.4, 0.5) is 5.69 Å².